The summed E-state index contributed by atoms with van der Waals surface area (Å²) in [5.41, 5.74) is 12.2. The second-order valence-corrected chi connectivity index (χ2v) is 27.9. The van der Waals surface area contributed by atoms with E-state index < -0.39 is 16.8 Å². The van der Waals surface area contributed by atoms with E-state index in [1.807, 2.05) is 94.5 Å². The number of ether oxygens (including phenoxy) is 4. The Kier molecular flexibility index (Phi) is 18.9. The maximum Gasteiger partial charge on any atom is 0.410 e. The molecule has 4 aliphatic heterocycles. The fourth-order valence-corrected chi connectivity index (χ4v) is 12.9. The van der Waals surface area contributed by atoms with Crippen LogP contribution in [-0.4, -0.2) is 140 Å². The Morgan fingerprint density at radius 3 is 1.15 bits per heavy atom. The van der Waals surface area contributed by atoms with Gasteiger partial charge < -0.3 is 38.9 Å². The second kappa shape index (κ2) is 26.9. The number of hydrogen-bond acceptors (Lipinski definition) is 13. The van der Waals surface area contributed by atoms with E-state index in [0.29, 0.717) is 37.6 Å². The molecule has 20 heteroatoms. The van der Waals surface area contributed by atoms with Crippen molar-refractivity contribution < 1.29 is 38.1 Å². The number of benzene rings is 4. The molecule has 4 fully saturated rings. The number of rotatable bonds is 12. The van der Waals surface area contributed by atoms with Crippen molar-refractivity contribution in [3.05, 3.63) is 144 Å². The molecule has 0 bridgehead atoms. The number of aromatic amines is 4. The van der Waals surface area contributed by atoms with Gasteiger partial charge in [0, 0.05) is 47.7 Å². The van der Waals surface area contributed by atoms with Gasteiger partial charge in [-0.1, -0.05) is 97.1 Å². The van der Waals surface area contributed by atoms with Crippen molar-refractivity contribution in [3.8, 4) is 67.3 Å². The Bertz CT molecular complexity index is 3800. The molecule has 20 nitrogen and oxygen atoms in total. The zero-order valence-electron chi connectivity index (χ0n) is 56.2. The first-order valence-electron chi connectivity index (χ1n) is 32.8. The average Bonchev–Trinajstić information content (AvgIpc) is 1.98. The molecule has 0 unspecified atom stereocenters. The standard InChI is InChI=1S/C38H48N6O4.C35H42N6O4/c1-23-31(41-33(39-23)29-11-9-21-43(29)35(45)47-37(3,4)5)27-17-13-25(14-18-27)26-15-19-28(20-16-26)32-24(2)40-34(42-32)30-12-10-22-44(30)36(46)48-38(6,7)8;1-6-44-33(42)30-29(38-32(39-30)27-9-7-19-40(27)5)25-17-13-23(14-18-25)22-11-15-24(16-12-22)26-21-36-31(37-26)28-10-8-20-41(28)34(43)45-35(2,3)4/h13-20,29-30H,9-12,21-22H2,1-8H3,(H,39,41)(H,40,42);11-18,21,27-28H,6-10,19-20H2,1-5H3,(H,36,37)(H,38,39)/t29-,30-;27-,28-/m00/s1. The maximum absolute atomic E-state index is 12.9. The monoisotopic (exact) mass is 1260 g/mol. The van der Waals surface area contributed by atoms with Crippen molar-refractivity contribution in [2.24, 2.45) is 0 Å². The van der Waals surface area contributed by atoms with Crippen molar-refractivity contribution in [1.29, 1.82) is 0 Å². The molecule has 8 heterocycles. The lowest BCUT2D eigenvalue weighted by atomic mass is 10.0. The fraction of sp³-hybridized carbons (Fsp3) is 0.452. The van der Waals surface area contributed by atoms with Gasteiger partial charge in [-0.15, -0.1) is 0 Å². The molecule has 4 aromatic carbocycles. The van der Waals surface area contributed by atoms with Gasteiger partial charge in [0.25, 0.3) is 0 Å². The predicted octanol–water partition coefficient (Wildman–Crippen LogP) is 16.0. The molecule has 8 aromatic rings. The number of carbonyl (C=O) groups excluding carboxylic acids is 4. The molecule has 0 aliphatic carbocycles. The Morgan fingerprint density at radius 2 is 0.774 bits per heavy atom. The SMILES string of the molecule is CCOC(=O)c1[nH]c([C@@H]2CCCN2C)nc1-c1ccc(-c2ccc(-c3cnc([C@@H]4CCCN4C(=O)OC(C)(C)C)[nH]3)cc2)cc1.Cc1[nH]c([C@@H]2CCCN2C(=O)OC(C)(C)C)nc1-c1ccc(-c2ccc(-c3nc([C@@H]4CCCN4C(=O)OC(C)(C)C)[nH]c3C)cc2)cc1. The fourth-order valence-electron chi connectivity index (χ4n) is 12.9. The quantitative estimate of drug-likeness (QED) is 0.0659. The van der Waals surface area contributed by atoms with E-state index in [1.165, 1.54) is 0 Å². The Hall–Kier alpha value is -9.04. The number of carbonyl (C=O) groups is 4. The zero-order valence-corrected chi connectivity index (χ0v) is 56.2. The molecule has 3 amide bonds. The number of H-pyrrole nitrogens is 4. The molecule has 490 valence electrons. The van der Waals surface area contributed by atoms with Gasteiger partial charge in [0.1, 0.15) is 45.8 Å². The van der Waals surface area contributed by atoms with E-state index in [2.05, 4.69) is 122 Å². The molecule has 93 heavy (non-hydrogen) atoms. The van der Waals surface area contributed by atoms with E-state index >= 15 is 0 Å². The summed E-state index contributed by atoms with van der Waals surface area (Å²) in [5.74, 6) is 2.79. The van der Waals surface area contributed by atoms with Crippen LogP contribution in [0.2, 0.25) is 0 Å². The molecular weight excluding hydrogens is 1170 g/mol. The van der Waals surface area contributed by atoms with E-state index in [0.717, 1.165) is 154 Å². The molecule has 0 spiro atoms. The summed E-state index contributed by atoms with van der Waals surface area (Å²) in [4.78, 5) is 92.0. The van der Waals surface area contributed by atoms with Gasteiger partial charge in [-0.25, -0.2) is 39.1 Å². The number of aryl methyl sites for hydroxylation is 2. The van der Waals surface area contributed by atoms with Crippen LogP contribution in [0.3, 0.4) is 0 Å². The van der Waals surface area contributed by atoms with Crippen LogP contribution in [0, 0.1) is 13.8 Å². The highest BCUT2D eigenvalue weighted by molar-refractivity contribution is 5.94. The van der Waals surface area contributed by atoms with Crippen LogP contribution in [-0.2, 0) is 18.9 Å². The lowest BCUT2D eigenvalue weighted by Gasteiger charge is -2.27. The number of nitrogens with one attached hydrogen (secondary N) is 4. The molecule has 4 atom stereocenters. The third-order valence-corrected chi connectivity index (χ3v) is 17.4. The summed E-state index contributed by atoms with van der Waals surface area (Å²) in [6, 6.07) is 33.0. The summed E-state index contributed by atoms with van der Waals surface area (Å²) in [5, 5.41) is 0. The van der Waals surface area contributed by atoms with Gasteiger partial charge in [0.2, 0.25) is 0 Å². The van der Waals surface area contributed by atoms with Gasteiger partial charge in [-0.3, -0.25) is 19.6 Å². The van der Waals surface area contributed by atoms with Crippen LogP contribution < -0.4 is 0 Å². The average molecular weight is 1260 g/mol. The number of amides is 3. The lowest BCUT2D eigenvalue weighted by molar-refractivity contribution is 0.0208. The van der Waals surface area contributed by atoms with E-state index in [4.69, 9.17) is 33.9 Å². The zero-order chi connectivity index (χ0) is 66.1. The minimum Gasteiger partial charge on any atom is -0.461 e. The topological polar surface area (TPSA) is 233 Å². The molecule has 4 N–H and O–H groups in total. The van der Waals surface area contributed by atoms with Gasteiger partial charge in [0.15, 0.2) is 5.69 Å². The number of likely N-dealkylation sites (tertiary alicyclic amines) is 4. The smallest absolute Gasteiger partial charge is 0.410 e. The van der Waals surface area contributed by atoms with Gasteiger partial charge >= 0.3 is 24.2 Å². The predicted molar refractivity (Wildman–Crippen MR) is 359 cm³/mol. The number of aromatic nitrogens is 8. The summed E-state index contributed by atoms with van der Waals surface area (Å²) in [6.45, 7) is 26.1. The minimum atomic E-state index is -0.542. The van der Waals surface area contributed by atoms with Crippen LogP contribution in [0.1, 0.15) is 190 Å². The summed E-state index contributed by atoms with van der Waals surface area (Å²) in [7, 11) is 2.09. The van der Waals surface area contributed by atoms with Crippen molar-refractivity contribution >= 4 is 24.2 Å². The summed E-state index contributed by atoms with van der Waals surface area (Å²) in [6.07, 6.45) is 8.35. The minimum absolute atomic E-state index is 0.124. The highest BCUT2D eigenvalue weighted by atomic mass is 16.6. The first kappa shape index (κ1) is 65.5. The normalized spacial score (nSPS) is 18.6. The molecule has 4 aliphatic rings. The summed E-state index contributed by atoms with van der Waals surface area (Å²) < 4.78 is 22.3. The van der Waals surface area contributed by atoms with Gasteiger partial charge in [0.05, 0.1) is 54.1 Å². The third kappa shape index (κ3) is 15.1. The first-order valence-corrected chi connectivity index (χ1v) is 32.8. The lowest BCUT2D eigenvalue weighted by Crippen LogP contribution is -2.36. The van der Waals surface area contributed by atoms with Crippen molar-refractivity contribution in [3.63, 3.8) is 0 Å². The molecule has 4 saturated heterocycles. The highest BCUT2D eigenvalue weighted by Crippen LogP contribution is 2.39. The Balaban J connectivity index is 0.000000191. The Morgan fingerprint density at radius 1 is 0.441 bits per heavy atom. The van der Waals surface area contributed by atoms with Crippen LogP contribution in [0.4, 0.5) is 14.4 Å². The largest absolute Gasteiger partial charge is 0.461 e. The summed E-state index contributed by atoms with van der Waals surface area (Å²) >= 11 is 0. The Labute approximate surface area is 545 Å². The van der Waals surface area contributed by atoms with Crippen LogP contribution in [0.25, 0.3) is 67.3 Å². The number of hydrogen-bond donors (Lipinski definition) is 4. The van der Waals surface area contributed by atoms with E-state index in [9.17, 15) is 19.2 Å². The van der Waals surface area contributed by atoms with Crippen molar-refractivity contribution in [1.82, 2.24) is 59.5 Å². The van der Waals surface area contributed by atoms with Gasteiger partial charge in [-0.2, -0.15) is 0 Å². The molecular formula is C73H90N12O8. The van der Waals surface area contributed by atoms with E-state index in [-0.39, 0.29) is 48.4 Å². The number of nitrogens with zero attached hydrogens (tertiary/aromatic N) is 8. The highest BCUT2D eigenvalue weighted by Gasteiger charge is 2.39. The molecule has 12 rings (SSSR count). The maximum atomic E-state index is 12.9. The number of esters is 1. The van der Waals surface area contributed by atoms with Crippen molar-refractivity contribution in [2.75, 3.05) is 39.8 Å². The van der Waals surface area contributed by atoms with Crippen LogP contribution >= 0.6 is 0 Å². The van der Waals surface area contributed by atoms with Crippen molar-refractivity contribution in [2.45, 2.75) is 175 Å². The molecule has 0 saturated carbocycles. The second-order valence-electron chi connectivity index (χ2n) is 27.9. The van der Waals surface area contributed by atoms with E-state index in [1.54, 1.807) is 21.6 Å². The first-order chi connectivity index (χ1) is 44.3. The van der Waals surface area contributed by atoms with Crippen LogP contribution in [0.15, 0.2) is 103 Å². The van der Waals surface area contributed by atoms with Crippen LogP contribution in [0.5, 0.6) is 0 Å². The third-order valence-electron chi connectivity index (χ3n) is 17.4. The molecule has 0 radical (unpaired) electrons. The van der Waals surface area contributed by atoms with Gasteiger partial charge in [-0.05, 0) is 176 Å². The number of imidazole rings is 4. The molecule has 4 aromatic heterocycles.